The first-order valence-corrected chi connectivity index (χ1v) is 7.51. The van der Waals surface area contributed by atoms with Gasteiger partial charge in [-0.1, -0.05) is 29.8 Å². The lowest BCUT2D eigenvalue weighted by atomic mass is 10.2. The van der Waals surface area contributed by atoms with Gasteiger partial charge in [-0.2, -0.15) is 0 Å². The van der Waals surface area contributed by atoms with Gasteiger partial charge in [0.05, 0.1) is 19.2 Å². The van der Waals surface area contributed by atoms with E-state index in [0.717, 1.165) is 21.8 Å². The second-order valence-electron chi connectivity index (χ2n) is 5.02. The molecule has 5 nitrogen and oxygen atoms in total. The van der Waals surface area contributed by atoms with Gasteiger partial charge in [-0.15, -0.1) is 10.2 Å². The number of hydrogen-bond acceptors (Lipinski definition) is 5. The molecule has 23 heavy (non-hydrogen) atoms. The predicted molar refractivity (Wildman–Crippen MR) is 89.8 cm³/mol. The van der Waals surface area contributed by atoms with Gasteiger partial charge in [0.25, 0.3) is 5.89 Å². The van der Waals surface area contributed by atoms with Gasteiger partial charge < -0.3 is 14.5 Å². The van der Waals surface area contributed by atoms with E-state index in [1.54, 1.807) is 7.11 Å². The molecule has 0 aliphatic heterocycles. The van der Waals surface area contributed by atoms with Crippen LogP contribution < -0.4 is 10.1 Å². The van der Waals surface area contributed by atoms with Gasteiger partial charge in [0.15, 0.2) is 0 Å². The number of rotatable bonds is 5. The standard InChI is InChI=1S/C17H16ClN3O2/c1-11-7-8-12(9-14(11)18)19-10-16-20-21-17(23-16)13-5-3-4-6-15(13)22-2/h3-9,19H,10H2,1-2H3. The van der Waals surface area contributed by atoms with Crippen LogP contribution in [0.15, 0.2) is 46.9 Å². The van der Waals surface area contributed by atoms with Crippen LogP contribution in [-0.2, 0) is 6.54 Å². The van der Waals surface area contributed by atoms with Crippen LogP contribution in [0.2, 0.25) is 5.02 Å². The Balaban J connectivity index is 1.73. The molecule has 6 heteroatoms. The second-order valence-corrected chi connectivity index (χ2v) is 5.43. The molecule has 0 radical (unpaired) electrons. The maximum Gasteiger partial charge on any atom is 0.251 e. The molecule has 1 heterocycles. The molecule has 0 spiro atoms. The van der Waals surface area contributed by atoms with Crippen LogP contribution in [0.25, 0.3) is 11.5 Å². The van der Waals surface area contributed by atoms with Crippen molar-refractivity contribution in [2.24, 2.45) is 0 Å². The van der Waals surface area contributed by atoms with Crippen LogP contribution in [-0.4, -0.2) is 17.3 Å². The monoisotopic (exact) mass is 329 g/mol. The Morgan fingerprint density at radius 2 is 2.00 bits per heavy atom. The Morgan fingerprint density at radius 1 is 1.17 bits per heavy atom. The number of para-hydroxylation sites is 1. The highest BCUT2D eigenvalue weighted by atomic mass is 35.5. The van der Waals surface area contributed by atoms with Gasteiger partial charge in [0.1, 0.15) is 5.75 Å². The number of methoxy groups -OCH3 is 1. The Morgan fingerprint density at radius 3 is 2.78 bits per heavy atom. The zero-order valence-corrected chi connectivity index (χ0v) is 13.6. The molecular formula is C17H16ClN3O2. The van der Waals surface area contributed by atoms with E-state index in [0.29, 0.717) is 24.1 Å². The number of benzene rings is 2. The van der Waals surface area contributed by atoms with Gasteiger partial charge in [-0.05, 0) is 36.8 Å². The number of hydrogen-bond donors (Lipinski definition) is 1. The molecule has 118 valence electrons. The molecule has 0 fully saturated rings. The third kappa shape index (κ3) is 3.46. The highest BCUT2D eigenvalue weighted by Gasteiger charge is 2.12. The van der Waals surface area contributed by atoms with Gasteiger partial charge in [0, 0.05) is 10.7 Å². The van der Waals surface area contributed by atoms with E-state index in [1.807, 2.05) is 49.4 Å². The molecule has 3 rings (SSSR count). The largest absolute Gasteiger partial charge is 0.496 e. The van der Waals surface area contributed by atoms with Gasteiger partial charge in [-0.3, -0.25) is 0 Å². The Bertz CT molecular complexity index is 817. The zero-order chi connectivity index (χ0) is 16.2. The maximum absolute atomic E-state index is 6.11. The highest BCUT2D eigenvalue weighted by molar-refractivity contribution is 6.31. The maximum atomic E-state index is 6.11. The van der Waals surface area contributed by atoms with Crippen LogP contribution in [0, 0.1) is 6.92 Å². The molecule has 0 atom stereocenters. The lowest BCUT2D eigenvalue weighted by molar-refractivity contribution is 0.413. The topological polar surface area (TPSA) is 60.2 Å². The predicted octanol–water partition coefficient (Wildman–Crippen LogP) is 4.32. The van der Waals surface area contributed by atoms with Crippen molar-refractivity contribution >= 4 is 17.3 Å². The summed E-state index contributed by atoms with van der Waals surface area (Å²) in [6.07, 6.45) is 0. The number of aryl methyl sites for hydroxylation is 1. The first-order valence-electron chi connectivity index (χ1n) is 7.13. The number of ether oxygens (including phenoxy) is 1. The van der Waals surface area contributed by atoms with Crippen molar-refractivity contribution in [3.05, 3.63) is 58.9 Å². The molecule has 2 aromatic carbocycles. The molecule has 0 unspecified atom stereocenters. The van der Waals surface area contributed by atoms with Crippen molar-refractivity contribution < 1.29 is 9.15 Å². The molecular weight excluding hydrogens is 314 g/mol. The third-order valence-corrected chi connectivity index (χ3v) is 3.83. The Labute approximate surface area is 139 Å². The Kier molecular flexibility index (Phi) is 4.48. The molecule has 0 saturated carbocycles. The fraction of sp³-hybridized carbons (Fsp3) is 0.176. The van der Waals surface area contributed by atoms with Crippen LogP contribution in [0.1, 0.15) is 11.5 Å². The number of halogens is 1. The van der Waals surface area contributed by atoms with E-state index in [-0.39, 0.29) is 0 Å². The minimum absolute atomic E-state index is 0.418. The summed E-state index contributed by atoms with van der Waals surface area (Å²) in [5, 5.41) is 12.1. The SMILES string of the molecule is COc1ccccc1-c1nnc(CNc2ccc(C)c(Cl)c2)o1. The summed E-state index contributed by atoms with van der Waals surface area (Å²) < 4.78 is 11.0. The van der Waals surface area contributed by atoms with E-state index < -0.39 is 0 Å². The normalized spacial score (nSPS) is 10.6. The average Bonchev–Trinajstić information content (AvgIpc) is 3.04. The van der Waals surface area contributed by atoms with E-state index >= 15 is 0 Å². The number of nitrogens with zero attached hydrogens (tertiary/aromatic N) is 2. The smallest absolute Gasteiger partial charge is 0.251 e. The van der Waals surface area contributed by atoms with Crippen molar-refractivity contribution in [2.75, 3.05) is 12.4 Å². The van der Waals surface area contributed by atoms with E-state index in [1.165, 1.54) is 0 Å². The summed E-state index contributed by atoms with van der Waals surface area (Å²) >= 11 is 6.11. The second kappa shape index (κ2) is 6.71. The molecule has 1 aromatic heterocycles. The zero-order valence-electron chi connectivity index (χ0n) is 12.8. The molecule has 0 bridgehead atoms. The summed E-state index contributed by atoms with van der Waals surface area (Å²) in [5.74, 6) is 1.62. The van der Waals surface area contributed by atoms with Crippen LogP contribution in [0.4, 0.5) is 5.69 Å². The number of nitrogens with one attached hydrogen (secondary N) is 1. The minimum Gasteiger partial charge on any atom is -0.496 e. The highest BCUT2D eigenvalue weighted by Crippen LogP contribution is 2.28. The van der Waals surface area contributed by atoms with Gasteiger partial charge >= 0.3 is 0 Å². The summed E-state index contributed by atoms with van der Waals surface area (Å²) in [4.78, 5) is 0. The average molecular weight is 330 g/mol. The minimum atomic E-state index is 0.418. The fourth-order valence-corrected chi connectivity index (χ4v) is 2.32. The summed E-state index contributed by atoms with van der Waals surface area (Å²) in [6, 6.07) is 13.3. The molecule has 0 amide bonds. The first-order chi connectivity index (χ1) is 11.2. The van der Waals surface area contributed by atoms with Gasteiger partial charge in [-0.25, -0.2) is 0 Å². The quantitative estimate of drug-likeness (QED) is 0.755. The number of aromatic nitrogens is 2. The van der Waals surface area contributed by atoms with E-state index in [2.05, 4.69) is 15.5 Å². The molecule has 0 aliphatic rings. The van der Waals surface area contributed by atoms with Crippen LogP contribution in [0.5, 0.6) is 5.75 Å². The first kappa shape index (κ1) is 15.4. The van der Waals surface area contributed by atoms with Gasteiger partial charge in [0.2, 0.25) is 5.89 Å². The summed E-state index contributed by atoms with van der Waals surface area (Å²) in [5.41, 5.74) is 2.71. The van der Waals surface area contributed by atoms with Crippen LogP contribution in [0.3, 0.4) is 0 Å². The lowest BCUT2D eigenvalue weighted by Gasteiger charge is -2.05. The van der Waals surface area contributed by atoms with Crippen molar-refractivity contribution in [1.82, 2.24) is 10.2 Å². The summed E-state index contributed by atoms with van der Waals surface area (Å²) in [7, 11) is 1.61. The Hall–Kier alpha value is -2.53. The molecule has 0 aliphatic carbocycles. The fourth-order valence-electron chi connectivity index (χ4n) is 2.14. The number of anilines is 1. The lowest BCUT2D eigenvalue weighted by Crippen LogP contribution is -1.99. The molecule has 3 aromatic rings. The van der Waals surface area contributed by atoms with E-state index in [4.69, 9.17) is 20.8 Å². The van der Waals surface area contributed by atoms with Crippen molar-refractivity contribution in [3.63, 3.8) is 0 Å². The van der Waals surface area contributed by atoms with Crippen LogP contribution >= 0.6 is 11.6 Å². The van der Waals surface area contributed by atoms with Crippen molar-refractivity contribution in [1.29, 1.82) is 0 Å². The van der Waals surface area contributed by atoms with Crippen molar-refractivity contribution in [3.8, 4) is 17.2 Å². The third-order valence-electron chi connectivity index (χ3n) is 3.42. The molecule has 0 saturated heterocycles. The molecule has 1 N–H and O–H groups in total. The summed E-state index contributed by atoms with van der Waals surface area (Å²) in [6.45, 7) is 2.38. The van der Waals surface area contributed by atoms with E-state index in [9.17, 15) is 0 Å². The van der Waals surface area contributed by atoms with Crippen molar-refractivity contribution in [2.45, 2.75) is 13.5 Å².